The van der Waals surface area contributed by atoms with E-state index in [2.05, 4.69) is 16.3 Å². The highest BCUT2D eigenvalue weighted by Crippen LogP contribution is 2.38. The zero-order valence-corrected chi connectivity index (χ0v) is 25.8. The van der Waals surface area contributed by atoms with Gasteiger partial charge in [-0.3, -0.25) is 19.7 Å². The Morgan fingerprint density at radius 2 is 1.85 bits per heavy atom. The number of nitrogens with one attached hydrogen (secondary N) is 1. The highest BCUT2D eigenvalue weighted by atomic mass is 19.1. The molecule has 3 N–H and O–H groups in total. The minimum atomic E-state index is -0.755. The van der Waals surface area contributed by atoms with Gasteiger partial charge >= 0.3 is 0 Å². The van der Waals surface area contributed by atoms with Gasteiger partial charge in [-0.15, -0.1) is 0 Å². The summed E-state index contributed by atoms with van der Waals surface area (Å²) in [4.78, 5) is 40.8. The summed E-state index contributed by atoms with van der Waals surface area (Å²) in [5.74, 6) is -0.429. The van der Waals surface area contributed by atoms with Crippen LogP contribution < -0.4 is 25.4 Å². The van der Waals surface area contributed by atoms with Crippen LogP contribution in [0.15, 0.2) is 54.6 Å². The Morgan fingerprint density at radius 3 is 2.54 bits per heavy atom. The van der Waals surface area contributed by atoms with Crippen molar-refractivity contribution in [3.63, 3.8) is 0 Å². The van der Waals surface area contributed by atoms with E-state index in [1.807, 2.05) is 25.1 Å². The van der Waals surface area contributed by atoms with Crippen LogP contribution in [0.2, 0.25) is 0 Å². The van der Waals surface area contributed by atoms with Crippen molar-refractivity contribution in [3.05, 3.63) is 88.2 Å². The first kappa shape index (κ1) is 31.0. The van der Waals surface area contributed by atoms with E-state index in [1.54, 1.807) is 37.4 Å². The second-order valence-electron chi connectivity index (χ2n) is 12.3. The van der Waals surface area contributed by atoms with Gasteiger partial charge in [-0.1, -0.05) is 18.2 Å². The molecule has 3 aliphatic heterocycles. The molecule has 3 aliphatic rings. The van der Waals surface area contributed by atoms with Gasteiger partial charge in [0, 0.05) is 53.5 Å². The third kappa shape index (κ3) is 5.76. The molecule has 0 saturated carbocycles. The fraction of sp³-hybridized carbons (Fsp3) is 0.371. The molecule has 3 aromatic rings. The van der Waals surface area contributed by atoms with E-state index >= 15 is 4.39 Å². The third-order valence-corrected chi connectivity index (χ3v) is 9.61. The van der Waals surface area contributed by atoms with Crippen molar-refractivity contribution in [1.29, 1.82) is 5.26 Å². The van der Waals surface area contributed by atoms with E-state index in [1.165, 1.54) is 11.0 Å². The van der Waals surface area contributed by atoms with Crippen LogP contribution in [0.25, 0.3) is 0 Å². The SMILES string of the molecule is COc1cc(N2CCC(C(C)(N)c3ccc(COc4cccc5c4CN([C@H]4CCC(=O)NC4=O)C5=O)c(F)c3)CC2)ccc1C#N. The van der Waals surface area contributed by atoms with E-state index in [0.717, 1.165) is 31.6 Å². The molecule has 2 atom stereocenters. The standard InChI is InChI=1S/C35H36FN5O5/c1-35(38,23-12-14-40(15-13-23)25-9-7-21(18-37)31(17-25)45-2)24-8-6-22(28(36)16-24)20-46-30-5-3-4-26-27(30)19-41(34(26)44)29-10-11-32(42)39-33(29)43/h3-9,16-17,23,29H,10-15,19-20,38H2,1-2H3,(H,39,42,43)/t29-,35?/m0/s1. The molecular formula is C35H36FN5O5. The molecule has 11 heteroatoms. The second-order valence-corrected chi connectivity index (χ2v) is 12.3. The molecule has 0 bridgehead atoms. The van der Waals surface area contributed by atoms with Crippen molar-refractivity contribution >= 4 is 23.4 Å². The van der Waals surface area contributed by atoms with E-state index in [-0.39, 0.29) is 43.7 Å². The number of carbonyl (C=O) groups excluding carboxylic acids is 3. The number of ether oxygens (including phenoxy) is 2. The zero-order chi connectivity index (χ0) is 32.6. The Bertz CT molecular complexity index is 1740. The molecule has 0 radical (unpaired) electrons. The summed E-state index contributed by atoms with van der Waals surface area (Å²) in [6, 6.07) is 17.1. The van der Waals surface area contributed by atoms with Crippen LogP contribution >= 0.6 is 0 Å². The number of methoxy groups -OCH3 is 1. The Hall–Kier alpha value is -4.95. The number of piperidine rings is 2. The molecule has 10 nitrogen and oxygen atoms in total. The van der Waals surface area contributed by atoms with Crippen LogP contribution in [0.4, 0.5) is 10.1 Å². The summed E-state index contributed by atoms with van der Waals surface area (Å²) in [5, 5.41) is 11.6. The normalized spacial score (nSPS) is 19.7. The number of rotatable bonds is 8. The number of nitrogens with two attached hydrogens (primary N) is 1. The van der Waals surface area contributed by atoms with Crippen molar-refractivity contribution < 1.29 is 28.2 Å². The number of nitriles is 1. The van der Waals surface area contributed by atoms with Crippen molar-refractivity contribution in [1.82, 2.24) is 10.2 Å². The molecular weight excluding hydrogens is 589 g/mol. The Kier molecular flexibility index (Phi) is 8.40. The van der Waals surface area contributed by atoms with Gasteiger partial charge in [0.2, 0.25) is 11.8 Å². The monoisotopic (exact) mass is 625 g/mol. The number of amides is 3. The number of carbonyl (C=O) groups is 3. The summed E-state index contributed by atoms with van der Waals surface area (Å²) in [7, 11) is 1.55. The fourth-order valence-corrected chi connectivity index (χ4v) is 6.79. The molecule has 2 saturated heterocycles. The first-order valence-electron chi connectivity index (χ1n) is 15.4. The average Bonchev–Trinajstić information content (AvgIpc) is 3.40. The highest BCUT2D eigenvalue weighted by molar-refractivity contribution is 6.05. The van der Waals surface area contributed by atoms with Gasteiger partial charge < -0.3 is 25.0 Å². The molecule has 3 amide bonds. The summed E-state index contributed by atoms with van der Waals surface area (Å²) < 4.78 is 26.9. The molecule has 238 valence electrons. The molecule has 0 aliphatic carbocycles. The van der Waals surface area contributed by atoms with E-state index in [9.17, 15) is 19.6 Å². The predicted octanol–water partition coefficient (Wildman–Crippen LogP) is 4.14. The zero-order valence-electron chi connectivity index (χ0n) is 25.8. The highest BCUT2D eigenvalue weighted by Gasteiger charge is 2.40. The number of hydrogen-bond donors (Lipinski definition) is 2. The van der Waals surface area contributed by atoms with E-state index in [0.29, 0.717) is 39.3 Å². The molecule has 3 heterocycles. The third-order valence-electron chi connectivity index (χ3n) is 9.61. The summed E-state index contributed by atoms with van der Waals surface area (Å²) in [6.07, 6.45) is 2.07. The predicted molar refractivity (Wildman–Crippen MR) is 167 cm³/mol. The van der Waals surface area contributed by atoms with Crippen molar-refractivity contribution in [2.75, 3.05) is 25.1 Å². The lowest BCUT2D eigenvalue weighted by atomic mass is 9.75. The summed E-state index contributed by atoms with van der Waals surface area (Å²) in [5.41, 5.74) is 9.72. The molecule has 6 rings (SSSR count). The van der Waals surface area contributed by atoms with Crippen molar-refractivity contribution in [2.45, 2.75) is 57.3 Å². The largest absolute Gasteiger partial charge is 0.495 e. The average molecular weight is 626 g/mol. The summed E-state index contributed by atoms with van der Waals surface area (Å²) in [6.45, 7) is 3.60. The number of halogens is 1. The lowest BCUT2D eigenvalue weighted by molar-refractivity contribution is -0.136. The van der Waals surface area contributed by atoms with Gasteiger partial charge in [0.1, 0.15) is 36.0 Å². The lowest BCUT2D eigenvalue weighted by Crippen LogP contribution is -2.52. The van der Waals surface area contributed by atoms with Gasteiger partial charge in [-0.25, -0.2) is 4.39 Å². The number of anilines is 1. The van der Waals surface area contributed by atoms with Gasteiger partial charge in [0.15, 0.2) is 0 Å². The molecule has 0 aromatic heterocycles. The quantitative estimate of drug-likeness (QED) is 0.357. The molecule has 3 aromatic carbocycles. The minimum Gasteiger partial charge on any atom is -0.495 e. The van der Waals surface area contributed by atoms with Crippen molar-refractivity contribution in [3.8, 4) is 17.6 Å². The number of benzene rings is 3. The van der Waals surface area contributed by atoms with E-state index in [4.69, 9.17) is 15.2 Å². The lowest BCUT2D eigenvalue weighted by Gasteiger charge is -2.41. The first-order valence-corrected chi connectivity index (χ1v) is 15.4. The number of nitrogens with zero attached hydrogens (tertiary/aromatic N) is 3. The van der Waals surface area contributed by atoms with Crippen molar-refractivity contribution in [2.24, 2.45) is 11.7 Å². The number of hydrogen-bond acceptors (Lipinski definition) is 8. The number of imide groups is 1. The van der Waals surface area contributed by atoms with Crippen LogP contribution in [0.3, 0.4) is 0 Å². The molecule has 46 heavy (non-hydrogen) atoms. The van der Waals surface area contributed by atoms with Crippen LogP contribution in [0, 0.1) is 23.1 Å². The molecule has 0 spiro atoms. The maximum absolute atomic E-state index is 15.5. The van der Waals surface area contributed by atoms with Gasteiger partial charge in [-0.05, 0) is 68.0 Å². The fourth-order valence-electron chi connectivity index (χ4n) is 6.79. The van der Waals surface area contributed by atoms with Crippen LogP contribution in [-0.4, -0.2) is 48.9 Å². The summed E-state index contributed by atoms with van der Waals surface area (Å²) >= 11 is 0. The van der Waals surface area contributed by atoms with Gasteiger partial charge in [-0.2, -0.15) is 5.26 Å². The van der Waals surface area contributed by atoms with Crippen LogP contribution in [0.5, 0.6) is 11.5 Å². The van der Waals surface area contributed by atoms with Gasteiger partial charge in [0.25, 0.3) is 5.91 Å². The van der Waals surface area contributed by atoms with Crippen LogP contribution in [-0.2, 0) is 28.3 Å². The smallest absolute Gasteiger partial charge is 0.255 e. The molecule has 1 unspecified atom stereocenters. The minimum absolute atomic E-state index is 0.0527. The van der Waals surface area contributed by atoms with Gasteiger partial charge in [0.05, 0.1) is 19.2 Å². The maximum atomic E-state index is 15.5. The van der Waals surface area contributed by atoms with Crippen LogP contribution in [0.1, 0.15) is 65.2 Å². The Balaban J connectivity index is 1.10. The maximum Gasteiger partial charge on any atom is 0.255 e. The second kappa shape index (κ2) is 12.4. The van der Waals surface area contributed by atoms with E-state index < -0.39 is 23.3 Å². The first-order chi connectivity index (χ1) is 22.1. The topological polar surface area (TPSA) is 138 Å². The Morgan fingerprint density at radius 1 is 1.07 bits per heavy atom. The molecule has 2 fully saturated rings. The Labute approximate surface area is 266 Å². The number of fused-ring (bicyclic) bond motifs is 1.